The van der Waals surface area contributed by atoms with Crippen molar-refractivity contribution in [2.45, 2.75) is 51.1 Å². The van der Waals surface area contributed by atoms with Gasteiger partial charge >= 0.3 is 5.69 Å². The van der Waals surface area contributed by atoms with Gasteiger partial charge in [0.2, 0.25) is 5.91 Å². The molecule has 0 bridgehead atoms. The summed E-state index contributed by atoms with van der Waals surface area (Å²) in [6.45, 7) is 10.3. The number of amides is 1. The number of aromatic nitrogens is 2. The Labute approximate surface area is 171 Å². The molecule has 1 aliphatic heterocycles. The summed E-state index contributed by atoms with van der Waals surface area (Å²) < 4.78 is 7.19. The monoisotopic (exact) mass is 408 g/mol. The highest BCUT2D eigenvalue weighted by Gasteiger charge is 2.23. The smallest absolute Gasteiger partial charge is 0.348 e. The van der Waals surface area contributed by atoms with Gasteiger partial charge in [-0.3, -0.25) is 9.36 Å². The van der Waals surface area contributed by atoms with Gasteiger partial charge in [0.25, 0.3) is 0 Å². The summed E-state index contributed by atoms with van der Waals surface area (Å²) in [6, 6.07) is 0. The molecule has 156 valence electrons. The Morgan fingerprint density at radius 1 is 1.18 bits per heavy atom. The lowest BCUT2D eigenvalue weighted by atomic mass is 9.97. The summed E-state index contributed by atoms with van der Waals surface area (Å²) in [4.78, 5) is 33.8. The van der Waals surface area contributed by atoms with Gasteiger partial charge in [0.15, 0.2) is 0 Å². The zero-order valence-electron chi connectivity index (χ0n) is 17.1. The number of rotatable bonds is 8. The molecule has 1 fully saturated rings. The summed E-state index contributed by atoms with van der Waals surface area (Å²) in [5.41, 5.74) is 2.15. The van der Waals surface area contributed by atoms with Gasteiger partial charge < -0.3 is 14.5 Å². The molecule has 0 atom stereocenters. The highest BCUT2D eigenvalue weighted by Crippen LogP contribution is 2.28. The van der Waals surface area contributed by atoms with Crippen molar-refractivity contribution in [2.24, 2.45) is 0 Å². The summed E-state index contributed by atoms with van der Waals surface area (Å²) in [7, 11) is 0. The minimum Gasteiger partial charge on any atom is -0.378 e. The Kier molecular flexibility index (Phi) is 7.93. The quantitative estimate of drug-likeness (QED) is 0.479. The lowest BCUT2D eigenvalue weighted by Gasteiger charge is -2.27. The van der Waals surface area contributed by atoms with Crippen LogP contribution in [0.15, 0.2) is 9.82 Å². The molecule has 1 aromatic rings. The molecule has 0 spiro atoms. The maximum atomic E-state index is 12.8. The van der Waals surface area contributed by atoms with E-state index in [2.05, 4.69) is 23.7 Å². The van der Waals surface area contributed by atoms with Gasteiger partial charge in [-0.05, 0) is 38.8 Å². The van der Waals surface area contributed by atoms with Crippen LogP contribution < -0.4 is 5.69 Å². The summed E-state index contributed by atoms with van der Waals surface area (Å²) in [6.07, 6.45) is 4.10. The number of carbonyl (C=O) groups is 1. The van der Waals surface area contributed by atoms with Crippen LogP contribution in [0.4, 0.5) is 0 Å². The van der Waals surface area contributed by atoms with Crippen molar-refractivity contribution in [3.63, 3.8) is 0 Å². The van der Waals surface area contributed by atoms with Crippen LogP contribution in [0.3, 0.4) is 0 Å². The Bertz CT molecular complexity index is 727. The molecule has 0 radical (unpaired) electrons. The second kappa shape index (κ2) is 10.4. The molecule has 0 N–H and O–H groups in total. The number of ether oxygens (including phenoxy) is 1. The van der Waals surface area contributed by atoms with Gasteiger partial charge in [0.05, 0.1) is 19.0 Å². The number of thioether (sulfide) groups is 1. The van der Waals surface area contributed by atoms with Crippen LogP contribution in [0, 0.1) is 0 Å². The van der Waals surface area contributed by atoms with Crippen LogP contribution in [0.1, 0.15) is 37.9 Å². The summed E-state index contributed by atoms with van der Waals surface area (Å²) in [5.74, 6) is 0.438. The molecule has 8 heteroatoms. The summed E-state index contributed by atoms with van der Waals surface area (Å²) in [5, 5.41) is 0.764. The predicted octanol–water partition coefficient (Wildman–Crippen LogP) is 1.41. The second-order valence-electron chi connectivity index (χ2n) is 7.29. The van der Waals surface area contributed by atoms with Crippen LogP contribution in [-0.4, -0.2) is 76.9 Å². The van der Waals surface area contributed by atoms with Gasteiger partial charge in [-0.25, -0.2) is 4.79 Å². The first-order valence-electron chi connectivity index (χ1n) is 10.5. The Morgan fingerprint density at radius 2 is 1.89 bits per heavy atom. The van der Waals surface area contributed by atoms with Crippen molar-refractivity contribution < 1.29 is 9.53 Å². The average Bonchev–Trinajstić information content (AvgIpc) is 2.74. The SMILES string of the molecule is CCN(CC)CCn1c2c(c(SCC(=O)N3CCOCC3)nc1=O)CCCC2. The Morgan fingerprint density at radius 3 is 2.61 bits per heavy atom. The first kappa shape index (κ1) is 21.3. The number of hydrogen-bond donors (Lipinski definition) is 0. The maximum absolute atomic E-state index is 12.8. The molecule has 1 aromatic heterocycles. The number of nitrogens with zero attached hydrogens (tertiary/aromatic N) is 4. The Balaban J connectivity index is 1.74. The number of hydrogen-bond acceptors (Lipinski definition) is 6. The second-order valence-corrected chi connectivity index (χ2v) is 8.26. The Hall–Kier alpha value is -1.38. The number of carbonyl (C=O) groups excluding carboxylic acids is 1. The van der Waals surface area contributed by atoms with Crippen molar-refractivity contribution >= 4 is 17.7 Å². The average molecular weight is 409 g/mol. The van der Waals surface area contributed by atoms with Gasteiger partial charge in [0.1, 0.15) is 5.03 Å². The number of morpholine rings is 1. The lowest BCUT2D eigenvalue weighted by molar-refractivity contribution is -0.132. The van der Waals surface area contributed by atoms with Gasteiger partial charge in [-0.2, -0.15) is 4.98 Å². The highest BCUT2D eigenvalue weighted by atomic mass is 32.2. The van der Waals surface area contributed by atoms with Crippen molar-refractivity contribution in [3.8, 4) is 0 Å². The van der Waals surface area contributed by atoms with Crippen molar-refractivity contribution in [2.75, 3.05) is 51.7 Å². The van der Waals surface area contributed by atoms with Crippen LogP contribution in [0.25, 0.3) is 0 Å². The largest absolute Gasteiger partial charge is 0.378 e. The van der Waals surface area contributed by atoms with E-state index in [0.717, 1.165) is 56.0 Å². The minimum atomic E-state index is -0.172. The minimum absolute atomic E-state index is 0.102. The van der Waals surface area contributed by atoms with E-state index in [-0.39, 0.29) is 11.6 Å². The third-order valence-corrected chi connectivity index (χ3v) is 6.68. The summed E-state index contributed by atoms with van der Waals surface area (Å²) >= 11 is 1.43. The molecular formula is C20H32N4O3S. The van der Waals surface area contributed by atoms with Gasteiger partial charge in [-0.1, -0.05) is 25.6 Å². The molecule has 7 nitrogen and oxygen atoms in total. The number of likely N-dealkylation sites (N-methyl/N-ethyl adjacent to an activating group) is 1. The van der Waals surface area contributed by atoms with E-state index in [4.69, 9.17) is 4.74 Å². The van der Waals surface area contributed by atoms with E-state index in [0.29, 0.717) is 38.6 Å². The van der Waals surface area contributed by atoms with E-state index in [1.807, 2.05) is 9.47 Å². The van der Waals surface area contributed by atoms with Crippen LogP contribution in [0.2, 0.25) is 0 Å². The first-order chi connectivity index (χ1) is 13.6. The zero-order valence-corrected chi connectivity index (χ0v) is 17.9. The van der Waals surface area contributed by atoms with Crippen LogP contribution in [-0.2, 0) is 28.9 Å². The fourth-order valence-electron chi connectivity index (χ4n) is 3.91. The molecule has 0 saturated carbocycles. The fourth-order valence-corrected chi connectivity index (χ4v) is 4.89. The van der Waals surface area contributed by atoms with E-state index in [1.54, 1.807) is 0 Å². The predicted molar refractivity (Wildman–Crippen MR) is 111 cm³/mol. The van der Waals surface area contributed by atoms with E-state index in [9.17, 15) is 9.59 Å². The van der Waals surface area contributed by atoms with E-state index < -0.39 is 0 Å². The van der Waals surface area contributed by atoms with Crippen molar-refractivity contribution in [3.05, 3.63) is 21.7 Å². The molecule has 28 heavy (non-hydrogen) atoms. The molecule has 1 amide bonds. The van der Waals surface area contributed by atoms with Crippen LogP contribution >= 0.6 is 11.8 Å². The van der Waals surface area contributed by atoms with Crippen molar-refractivity contribution in [1.29, 1.82) is 0 Å². The highest BCUT2D eigenvalue weighted by molar-refractivity contribution is 7.99. The fraction of sp³-hybridized carbons (Fsp3) is 0.750. The third-order valence-electron chi connectivity index (χ3n) is 5.68. The third kappa shape index (κ3) is 5.15. The molecule has 1 saturated heterocycles. The molecule has 3 rings (SSSR count). The lowest BCUT2D eigenvalue weighted by Crippen LogP contribution is -2.41. The molecule has 2 aliphatic rings. The van der Waals surface area contributed by atoms with Crippen molar-refractivity contribution in [1.82, 2.24) is 19.4 Å². The molecule has 1 aliphatic carbocycles. The zero-order chi connectivity index (χ0) is 19.9. The standard InChI is InChI=1S/C20H32N4O3S/c1-3-22(4-2)9-10-24-17-8-6-5-7-16(17)19(21-20(24)26)28-15-18(25)23-11-13-27-14-12-23/h3-15H2,1-2H3. The maximum Gasteiger partial charge on any atom is 0.348 e. The molecule has 2 heterocycles. The topological polar surface area (TPSA) is 67.7 Å². The van der Waals surface area contributed by atoms with Gasteiger partial charge in [-0.15, -0.1) is 0 Å². The number of fused-ring (bicyclic) bond motifs is 1. The molecule has 0 aromatic carbocycles. The van der Waals surface area contributed by atoms with E-state index in [1.165, 1.54) is 17.3 Å². The normalized spacial score (nSPS) is 17.0. The van der Waals surface area contributed by atoms with Gasteiger partial charge in [0, 0.05) is 37.4 Å². The van der Waals surface area contributed by atoms with Crippen LogP contribution in [0.5, 0.6) is 0 Å². The first-order valence-corrected chi connectivity index (χ1v) is 11.5. The van der Waals surface area contributed by atoms with E-state index >= 15 is 0 Å². The molecular weight excluding hydrogens is 376 g/mol. The molecule has 0 unspecified atom stereocenters.